The molecule has 1 aromatic carbocycles. The predicted molar refractivity (Wildman–Crippen MR) is 48.7 cm³/mol. The summed E-state index contributed by atoms with van der Waals surface area (Å²) in [5, 5.41) is 10.5. The van der Waals surface area contributed by atoms with Gasteiger partial charge in [-0.2, -0.15) is 0 Å². The molecule has 1 heterocycles. The van der Waals surface area contributed by atoms with E-state index in [0.29, 0.717) is 0 Å². The Labute approximate surface area is 101 Å². The molecular weight excluding hydrogens is 187 g/mol. The molecule has 0 radical (unpaired) electrons. The zero-order valence-corrected chi connectivity index (χ0v) is 8.95. The summed E-state index contributed by atoms with van der Waals surface area (Å²) in [5.41, 5.74) is 1.01. The largest absolute Gasteiger partial charge is 1.00 e. The molecule has 0 bridgehead atoms. The number of carbonyl (C=O) groups excluding carboxylic acids is 1. The first kappa shape index (κ1) is 12.3. The molecule has 4 heteroatoms. The van der Waals surface area contributed by atoms with Crippen molar-refractivity contribution in [3.05, 3.63) is 35.4 Å². The summed E-state index contributed by atoms with van der Waals surface area (Å²) in [6, 6.07) is 6.67. The molecule has 0 saturated carbocycles. The average Bonchev–Trinajstić information content (AvgIpc) is 2.14. The van der Waals surface area contributed by atoms with Crippen LogP contribution in [0.25, 0.3) is 0 Å². The van der Waals surface area contributed by atoms with E-state index in [1.54, 1.807) is 24.3 Å². The first-order chi connectivity index (χ1) is 6.62. The van der Waals surface area contributed by atoms with Gasteiger partial charge in [0.25, 0.3) is 0 Å². The number of carboxylic acid groups (broad SMARTS) is 1. The van der Waals surface area contributed by atoms with Gasteiger partial charge in [0.15, 0.2) is 0 Å². The van der Waals surface area contributed by atoms with Gasteiger partial charge >= 0.3 is 18.9 Å². The Kier molecular flexibility index (Phi) is 3.61. The van der Waals surface area contributed by atoms with Crippen LogP contribution in [0.3, 0.4) is 0 Å². The fourth-order valence-electron chi connectivity index (χ4n) is 1.59. The number of rotatable bonds is 2. The van der Waals surface area contributed by atoms with Crippen LogP contribution in [-0.2, 0) is 10.3 Å². The zero-order valence-electron chi connectivity index (χ0n) is 8.95. The maximum atomic E-state index is 10.5. The van der Waals surface area contributed by atoms with Crippen molar-refractivity contribution in [2.24, 2.45) is 0 Å². The van der Waals surface area contributed by atoms with Crippen LogP contribution in [0.5, 0.6) is 0 Å². The van der Waals surface area contributed by atoms with Gasteiger partial charge in [0.1, 0.15) is 0 Å². The molecule has 1 aliphatic rings. The molecule has 0 aliphatic carbocycles. The van der Waals surface area contributed by atoms with E-state index >= 15 is 0 Å². The van der Waals surface area contributed by atoms with Crippen LogP contribution >= 0.6 is 0 Å². The standard InChI is InChI=1S/C11H12O3.Li/c1-11(6-7-14-11)9-4-2-8(3-5-9)10(12)13;/h2-5H,6-7H2,1H3,(H,12,13);/q;+1/p-1. The topological polar surface area (TPSA) is 49.4 Å². The molecule has 3 nitrogen and oxygen atoms in total. The van der Waals surface area contributed by atoms with Gasteiger partial charge in [-0.15, -0.1) is 0 Å². The van der Waals surface area contributed by atoms with Gasteiger partial charge < -0.3 is 14.6 Å². The molecule has 0 spiro atoms. The normalized spacial score (nSPS) is 23.8. The Morgan fingerprint density at radius 3 is 2.27 bits per heavy atom. The van der Waals surface area contributed by atoms with E-state index in [2.05, 4.69) is 0 Å². The smallest absolute Gasteiger partial charge is 0.545 e. The second-order valence-corrected chi connectivity index (χ2v) is 3.69. The van der Waals surface area contributed by atoms with E-state index in [-0.39, 0.29) is 30.0 Å². The quantitative estimate of drug-likeness (QED) is 0.502. The van der Waals surface area contributed by atoms with Crippen LogP contribution in [-0.4, -0.2) is 12.6 Å². The molecule has 15 heavy (non-hydrogen) atoms. The first-order valence-corrected chi connectivity index (χ1v) is 4.58. The first-order valence-electron chi connectivity index (χ1n) is 4.58. The van der Waals surface area contributed by atoms with Gasteiger partial charge in [-0.25, -0.2) is 0 Å². The number of ether oxygens (including phenoxy) is 1. The molecule has 1 unspecified atom stereocenters. The Hall–Kier alpha value is -0.753. The molecule has 1 saturated heterocycles. The number of aromatic carboxylic acids is 1. The summed E-state index contributed by atoms with van der Waals surface area (Å²) in [6.45, 7) is 2.78. The van der Waals surface area contributed by atoms with E-state index in [9.17, 15) is 9.90 Å². The predicted octanol–water partition coefficient (Wildman–Crippen LogP) is -2.31. The van der Waals surface area contributed by atoms with Crippen LogP contribution in [0.1, 0.15) is 29.3 Å². The molecule has 0 aromatic heterocycles. The van der Waals surface area contributed by atoms with Crippen LogP contribution < -0.4 is 24.0 Å². The Balaban J connectivity index is 0.00000112. The SMILES string of the molecule is CC1(c2ccc(C(=O)[O-])cc2)CCO1.[Li+]. The second kappa shape index (κ2) is 4.40. The molecule has 74 valence electrons. The molecule has 1 atom stereocenters. The van der Waals surface area contributed by atoms with Crippen molar-refractivity contribution in [2.75, 3.05) is 6.61 Å². The van der Waals surface area contributed by atoms with Gasteiger partial charge in [-0.3, -0.25) is 0 Å². The third kappa shape index (κ3) is 2.26. The summed E-state index contributed by atoms with van der Waals surface area (Å²) in [5.74, 6) is -1.14. The van der Waals surface area contributed by atoms with Gasteiger partial charge in [-0.1, -0.05) is 24.3 Å². The van der Waals surface area contributed by atoms with E-state index in [4.69, 9.17) is 4.74 Å². The number of carboxylic acids is 1. The maximum Gasteiger partial charge on any atom is 1.00 e. The van der Waals surface area contributed by atoms with Crippen LogP contribution in [0, 0.1) is 0 Å². The molecule has 2 rings (SSSR count). The van der Waals surface area contributed by atoms with Crippen LogP contribution in [0.15, 0.2) is 24.3 Å². The summed E-state index contributed by atoms with van der Waals surface area (Å²) in [6.07, 6.45) is 0.984. The molecular formula is C11H11LiO3. The summed E-state index contributed by atoms with van der Waals surface area (Å²) < 4.78 is 5.44. The van der Waals surface area contributed by atoms with Crippen molar-refractivity contribution in [2.45, 2.75) is 18.9 Å². The van der Waals surface area contributed by atoms with Crippen LogP contribution in [0.2, 0.25) is 0 Å². The van der Waals surface area contributed by atoms with Crippen molar-refractivity contribution in [1.82, 2.24) is 0 Å². The van der Waals surface area contributed by atoms with Crippen molar-refractivity contribution in [3.63, 3.8) is 0 Å². The van der Waals surface area contributed by atoms with Gasteiger partial charge in [-0.05, 0) is 18.1 Å². The number of benzene rings is 1. The monoisotopic (exact) mass is 198 g/mol. The minimum absolute atomic E-state index is 0. The third-order valence-corrected chi connectivity index (χ3v) is 2.73. The Morgan fingerprint density at radius 2 is 1.93 bits per heavy atom. The van der Waals surface area contributed by atoms with E-state index in [0.717, 1.165) is 18.6 Å². The van der Waals surface area contributed by atoms with Crippen molar-refractivity contribution < 1.29 is 33.5 Å². The van der Waals surface area contributed by atoms with Crippen LogP contribution in [0.4, 0.5) is 0 Å². The number of carbonyl (C=O) groups is 1. The van der Waals surface area contributed by atoms with E-state index in [1.807, 2.05) is 6.92 Å². The third-order valence-electron chi connectivity index (χ3n) is 2.73. The maximum absolute atomic E-state index is 10.5. The van der Waals surface area contributed by atoms with Gasteiger partial charge in [0.05, 0.1) is 18.2 Å². The van der Waals surface area contributed by atoms with Crippen molar-refractivity contribution in [1.29, 1.82) is 0 Å². The number of hydrogen-bond donors (Lipinski definition) is 0. The fourth-order valence-corrected chi connectivity index (χ4v) is 1.59. The minimum Gasteiger partial charge on any atom is -0.545 e. The van der Waals surface area contributed by atoms with Crippen molar-refractivity contribution in [3.8, 4) is 0 Å². The molecule has 1 fully saturated rings. The summed E-state index contributed by atoms with van der Waals surface area (Å²) in [4.78, 5) is 10.5. The molecule has 1 aromatic rings. The van der Waals surface area contributed by atoms with Crippen molar-refractivity contribution >= 4 is 5.97 Å². The average molecular weight is 198 g/mol. The summed E-state index contributed by atoms with van der Waals surface area (Å²) in [7, 11) is 0. The zero-order chi connectivity index (χ0) is 10.2. The molecule has 0 amide bonds. The Bertz CT molecular complexity index is 355. The fraction of sp³-hybridized carbons (Fsp3) is 0.364. The van der Waals surface area contributed by atoms with Gasteiger partial charge in [0.2, 0.25) is 0 Å². The Morgan fingerprint density at radius 1 is 1.40 bits per heavy atom. The van der Waals surface area contributed by atoms with E-state index in [1.165, 1.54) is 0 Å². The minimum atomic E-state index is -1.14. The molecule has 1 aliphatic heterocycles. The summed E-state index contributed by atoms with van der Waals surface area (Å²) >= 11 is 0. The second-order valence-electron chi connectivity index (χ2n) is 3.69. The van der Waals surface area contributed by atoms with E-state index < -0.39 is 5.97 Å². The van der Waals surface area contributed by atoms with Gasteiger partial charge in [0, 0.05) is 6.42 Å². The molecule has 0 N–H and O–H groups in total. The number of hydrogen-bond acceptors (Lipinski definition) is 3.